The highest BCUT2D eigenvalue weighted by molar-refractivity contribution is 7.80. The number of carbonyl (C=O) groups excluding carboxylic acids is 3. The van der Waals surface area contributed by atoms with Crippen LogP contribution in [0.15, 0.2) is 0 Å². The number of carbonyl (C=O) groups is 4. The Morgan fingerprint density at radius 3 is 1.59 bits per heavy atom. The van der Waals surface area contributed by atoms with Crippen molar-refractivity contribution in [3.63, 3.8) is 0 Å². The van der Waals surface area contributed by atoms with E-state index >= 15 is 0 Å². The lowest BCUT2D eigenvalue weighted by atomic mass is 10.1. The summed E-state index contributed by atoms with van der Waals surface area (Å²) in [5, 5.41) is 35.0. The van der Waals surface area contributed by atoms with E-state index in [-0.39, 0.29) is 11.5 Å². The molecule has 0 bridgehead atoms. The zero-order chi connectivity index (χ0) is 21.3. The number of rotatable bonds is 11. The van der Waals surface area contributed by atoms with Gasteiger partial charge in [-0.3, -0.25) is 14.4 Å². The molecule has 13 heteroatoms. The van der Waals surface area contributed by atoms with Gasteiger partial charge in [-0.1, -0.05) is 0 Å². The lowest BCUT2D eigenvalue weighted by Crippen LogP contribution is -2.62. The molecule has 27 heavy (non-hydrogen) atoms. The second-order valence-corrected chi connectivity index (χ2v) is 6.56. The number of aliphatic hydroxyl groups excluding tert-OH is 2. The summed E-state index contributed by atoms with van der Waals surface area (Å²) in [6.07, 6.45) is -2.74. The van der Waals surface area contributed by atoms with Crippen molar-refractivity contribution < 1.29 is 34.5 Å². The Morgan fingerprint density at radius 1 is 0.852 bits per heavy atom. The summed E-state index contributed by atoms with van der Waals surface area (Å²) in [4.78, 5) is 47.4. The van der Waals surface area contributed by atoms with Gasteiger partial charge in [0.1, 0.15) is 18.1 Å². The largest absolute Gasteiger partial charge is 0.480 e. The van der Waals surface area contributed by atoms with Crippen LogP contribution in [-0.2, 0) is 19.2 Å². The van der Waals surface area contributed by atoms with E-state index in [9.17, 15) is 29.4 Å². The molecule has 0 heterocycles. The Balaban J connectivity index is 5.24. The summed E-state index contributed by atoms with van der Waals surface area (Å²) in [5.41, 5.74) is 5.49. The Bertz CT molecular complexity index is 548. The molecular weight excluding hydrogens is 400 g/mol. The number of thiol groups is 2. The summed E-state index contributed by atoms with van der Waals surface area (Å²) in [6, 6.07) is -5.35. The molecule has 0 saturated carbocycles. The minimum absolute atomic E-state index is 0.00100. The van der Waals surface area contributed by atoms with E-state index in [0.717, 1.165) is 0 Å². The number of hydrogen-bond donors (Lipinski definition) is 9. The average molecular weight is 427 g/mol. The first-order chi connectivity index (χ1) is 12.5. The van der Waals surface area contributed by atoms with Crippen LogP contribution >= 0.6 is 25.3 Å². The molecule has 0 saturated heterocycles. The normalized spacial score (nSPS) is 17.6. The van der Waals surface area contributed by atoms with Crippen LogP contribution in [-0.4, -0.2) is 86.9 Å². The Labute approximate surface area is 167 Å². The number of nitrogens with one attached hydrogen (secondary N) is 3. The lowest BCUT2D eigenvalue weighted by Gasteiger charge is -2.27. The van der Waals surface area contributed by atoms with Crippen LogP contribution in [0.25, 0.3) is 0 Å². The number of amides is 3. The van der Waals surface area contributed by atoms with Crippen LogP contribution in [0.4, 0.5) is 0 Å². The monoisotopic (exact) mass is 426 g/mol. The van der Waals surface area contributed by atoms with Crippen LogP contribution in [0.2, 0.25) is 0 Å². The smallest absolute Gasteiger partial charge is 0.327 e. The van der Waals surface area contributed by atoms with Gasteiger partial charge in [-0.05, 0) is 13.8 Å². The fourth-order valence-corrected chi connectivity index (χ4v) is 2.26. The molecule has 8 N–H and O–H groups in total. The van der Waals surface area contributed by atoms with Crippen molar-refractivity contribution in [2.75, 3.05) is 11.5 Å². The molecule has 0 aromatic heterocycles. The molecule has 0 aromatic rings. The highest BCUT2D eigenvalue weighted by Crippen LogP contribution is 2.01. The number of carboxylic acids is 1. The molecule has 0 rings (SSSR count). The van der Waals surface area contributed by atoms with Crippen molar-refractivity contribution in [2.45, 2.75) is 50.2 Å². The molecular formula is C14H26N4O7S2. The first-order valence-corrected chi connectivity index (χ1v) is 9.20. The van der Waals surface area contributed by atoms with Crippen molar-refractivity contribution in [3.05, 3.63) is 0 Å². The fraction of sp³-hybridized carbons (Fsp3) is 0.714. The molecule has 156 valence electrons. The molecule has 0 aromatic carbocycles. The van der Waals surface area contributed by atoms with Gasteiger partial charge < -0.3 is 37.0 Å². The zero-order valence-corrected chi connectivity index (χ0v) is 16.6. The van der Waals surface area contributed by atoms with Crippen molar-refractivity contribution in [2.24, 2.45) is 5.73 Å². The van der Waals surface area contributed by atoms with Gasteiger partial charge in [-0.25, -0.2) is 4.79 Å². The molecule has 0 spiro atoms. The SMILES string of the molecule is CC(O)C(NC(=O)C(N)CS)C(=O)NC(C(=O)NC(CS)C(=O)O)C(C)O. The topological polar surface area (TPSA) is 191 Å². The van der Waals surface area contributed by atoms with E-state index in [1.54, 1.807) is 0 Å². The number of carboxylic acid groups (broad SMARTS) is 1. The maximum atomic E-state index is 12.4. The van der Waals surface area contributed by atoms with Crippen molar-refractivity contribution in [1.82, 2.24) is 16.0 Å². The second kappa shape index (κ2) is 12.0. The highest BCUT2D eigenvalue weighted by atomic mass is 32.1. The summed E-state index contributed by atoms with van der Waals surface area (Å²) in [6.45, 7) is 2.43. The molecule has 0 aliphatic heterocycles. The number of nitrogens with two attached hydrogens (primary N) is 1. The zero-order valence-electron chi connectivity index (χ0n) is 14.8. The van der Waals surface area contributed by atoms with E-state index in [1.807, 2.05) is 0 Å². The van der Waals surface area contributed by atoms with Crippen LogP contribution in [0.1, 0.15) is 13.8 Å². The van der Waals surface area contributed by atoms with Crippen LogP contribution in [0, 0.1) is 0 Å². The summed E-state index contributed by atoms with van der Waals surface area (Å²) in [5.74, 6) is -4.24. The van der Waals surface area contributed by atoms with E-state index in [0.29, 0.717) is 0 Å². The predicted molar refractivity (Wildman–Crippen MR) is 102 cm³/mol. The molecule has 0 fully saturated rings. The van der Waals surface area contributed by atoms with Crippen LogP contribution in [0.3, 0.4) is 0 Å². The summed E-state index contributed by atoms with van der Waals surface area (Å²) >= 11 is 7.66. The van der Waals surface area contributed by atoms with Gasteiger partial charge in [0, 0.05) is 11.5 Å². The van der Waals surface area contributed by atoms with Crippen molar-refractivity contribution in [1.29, 1.82) is 0 Å². The minimum Gasteiger partial charge on any atom is -0.480 e. The summed E-state index contributed by atoms with van der Waals surface area (Å²) < 4.78 is 0. The van der Waals surface area contributed by atoms with Gasteiger partial charge in [0.2, 0.25) is 17.7 Å². The van der Waals surface area contributed by atoms with Gasteiger partial charge in [0.25, 0.3) is 0 Å². The van der Waals surface area contributed by atoms with E-state index in [1.165, 1.54) is 13.8 Å². The van der Waals surface area contributed by atoms with Gasteiger partial charge >= 0.3 is 5.97 Å². The van der Waals surface area contributed by atoms with Gasteiger partial charge in [-0.2, -0.15) is 25.3 Å². The van der Waals surface area contributed by atoms with E-state index in [4.69, 9.17) is 10.8 Å². The van der Waals surface area contributed by atoms with E-state index < -0.39 is 60.1 Å². The molecule has 6 unspecified atom stereocenters. The molecule has 11 nitrogen and oxygen atoms in total. The second-order valence-electron chi connectivity index (χ2n) is 5.82. The third kappa shape index (κ3) is 8.34. The first-order valence-electron chi connectivity index (χ1n) is 7.93. The Kier molecular flexibility index (Phi) is 11.3. The third-order valence-corrected chi connectivity index (χ3v) is 4.21. The quantitative estimate of drug-likeness (QED) is 0.152. The minimum atomic E-state index is -1.53. The van der Waals surface area contributed by atoms with Gasteiger partial charge in [0.15, 0.2) is 0 Å². The first kappa shape index (κ1) is 25.5. The maximum Gasteiger partial charge on any atom is 0.327 e. The molecule has 3 amide bonds. The molecule has 0 aliphatic rings. The van der Waals surface area contributed by atoms with Crippen LogP contribution in [0.5, 0.6) is 0 Å². The van der Waals surface area contributed by atoms with Crippen LogP contribution < -0.4 is 21.7 Å². The molecule has 6 atom stereocenters. The van der Waals surface area contributed by atoms with Gasteiger partial charge in [0.05, 0.1) is 18.2 Å². The summed E-state index contributed by atoms with van der Waals surface area (Å²) in [7, 11) is 0. The average Bonchev–Trinajstić information content (AvgIpc) is 2.59. The van der Waals surface area contributed by atoms with Gasteiger partial charge in [-0.15, -0.1) is 0 Å². The predicted octanol–water partition coefficient (Wildman–Crippen LogP) is -3.53. The van der Waals surface area contributed by atoms with E-state index in [2.05, 4.69) is 41.2 Å². The number of hydrogen-bond acceptors (Lipinski definition) is 9. The van der Waals surface area contributed by atoms with Crippen molar-refractivity contribution in [3.8, 4) is 0 Å². The number of aliphatic hydroxyl groups is 2. The fourth-order valence-electron chi connectivity index (χ4n) is 1.84. The highest BCUT2D eigenvalue weighted by Gasteiger charge is 2.34. The lowest BCUT2D eigenvalue weighted by molar-refractivity contribution is -0.142. The standard InChI is InChI=1S/C14H26N4O7S2/c1-5(19)9(12(22)16-8(4-27)14(24)25)18-13(23)10(6(2)20)17-11(21)7(15)3-26/h5-10,19-20,26-27H,3-4,15H2,1-2H3,(H,16,22)(H,17,21)(H,18,23)(H,24,25). The number of aliphatic carboxylic acids is 1. The Morgan fingerprint density at radius 2 is 1.26 bits per heavy atom. The molecule has 0 aliphatic carbocycles. The van der Waals surface area contributed by atoms with Crippen molar-refractivity contribution >= 4 is 48.9 Å². The Hall–Kier alpha value is -1.54. The molecule has 0 radical (unpaired) electrons. The third-order valence-electron chi connectivity index (χ3n) is 3.46. The maximum absolute atomic E-state index is 12.4.